The monoisotopic (exact) mass is 202 g/mol. The van der Waals surface area contributed by atoms with Crippen LogP contribution in [0.2, 0.25) is 0 Å². The Hall–Kier alpha value is -2.10. The molecule has 0 fully saturated rings. The van der Waals surface area contributed by atoms with Crippen molar-refractivity contribution < 1.29 is 9.18 Å². The van der Waals surface area contributed by atoms with Gasteiger partial charge in [-0.3, -0.25) is 4.79 Å². The predicted molar refractivity (Wildman–Crippen MR) is 52.8 cm³/mol. The molecular weight excluding hydrogens is 195 g/mol. The second-order valence-corrected chi connectivity index (χ2v) is 2.93. The minimum Gasteiger partial charge on any atom is -0.296 e. The third-order valence-corrected chi connectivity index (χ3v) is 1.88. The van der Waals surface area contributed by atoms with Gasteiger partial charge in [0.2, 0.25) is 0 Å². The topological polar surface area (TPSA) is 42.9 Å². The molecule has 0 saturated carbocycles. The summed E-state index contributed by atoms with van der Waals surface area (Å²) in [6, 6.07) is 7.42. The fourth-order valence-corrected chi connectivity index (χ4v) is 1.20. The van der Waals surface area contributed by atoms with Crippen LogP contribution < -0.4 is 0 Å². The van der Waals surface area contributed by atoms with Gasteiger partial charge in [0, 0.05) is 11.8 Å². The summed E-state index contributed by atoms with van der Waals surface area (Å²) < 4.78 is 12.9. The summed E-state index contributed by atoms with van der Waals surface area (Å²) in [4.78, 5) is 18.4. The fraction of sp³-hybridized carbons (Fsp3) is 0. The molecule has 0 radical (unpaired) electrons. The summed E-state index contributed by atoms with van der Waals surface area (Å²) in [5.74, 6) is -0.00768. The van der Waals surface area contributed by atoms with Crippen molar-refractivity contribution in [2.75, 3.05) is 0 Å². The van der Waals surface area contributed by atoms with Crippen molar-refractivity contribution in [1.29, 1.82) is 0 Å². The van der Waals surface area contributed by atoms with E-state index in [0.29, 0.717) is 17.7 Å². The molecule has 0 bridgehead atoms. The maximum Gasteiger partial charge on any atom is 0.168 e. The summed E-state index contributed by atoms with van der Waals surface area (Å²) in [5.41, 5.74) is 0.836. The van der Waals surface area contributed by atoms with Crippen LogP contribution in [0.5, 0.6) is 0 Å². The SMILES string of the molecule is O=Cc1ccnc(-c2cccc(F)c2)n1. The molecule has 1 aromatic heterocycles. The molecule has 0 aliphatic carbocycles. The zero-order chi connectivity index (χ0) is 10.7. The van der Waals surface area contributed by atoms with Crippen LogP contribution >= 0.6 is 0 Å². The van der Waals surface area contributed by atoms with E-state index in [1.54, 1.807) is 12.1 Å². The Labute approximate surface area is 85.6 Å². The highest BCUT2D eigenvalue weighted by molar-refractivity contribution is 5.72. The Balaban J connectivity index is 2.49. The number of halogens is 1. The number of hydrogen-bond donors (Lipinski definition) is 0. The zero-order valence-corrected chi connectivity index (χ0v) is 7.72. The Kier molecular flexibility index (Phi) is 2.49. The molecule has 1 aromatic carbocycles. The number of hydrogen-bond acceptors (Lipinski definition) is 3. The Morgan fingerprint density at radius 3 is 2.87 bits per heavy atom. The van der Waals surface area contributed by atoms with Crippen molar-refractivity contribution >= 4 is 6.29 Å². The lowest BCUT2D eigenvalue weighted by atomic mass is 10.2. The van der Waals surface area contributed by atoms with Crippen molar-refractivity contribution in [3.63, 3.8) is 0 Å². The van der Waals surface area contributed by atoms with Gasteiger partial charge in [0.1, 0.15) is 11.5 Å². The standard InChI is InChI=1S/C11H7FN2O/c12-9-3-1-2-8(6-9)11-13-5-4-10(7-15)14-11/h1-7H. The van der Waals surface area contributed by atoms with E-state index in [1.165, 1.54) is 24.4 Å². The zero-order valence-electron chi connectivity index (χ0n) is 7.72. The Morgan fingerprint density at radius 1 is 1.27 bits per heavy atom. The first kappa shape index (κ1) is 9.45. The summed E-state index contributed by atoms with van der Waals surface area (Å²) >= 11 is 0. The summed E-state index contributed by atoms with van der Waals surface area (Å²) in [5, 5.41) is 0. The van der Waals surface area contributed by atoms with Gasteiger partial charge < -0.3 is 0 Å². The molecule has 15 heavy (non-hydrogen) atoms. The van der Waals surface area contributed by atoms with E-state index in [2.05, 4.69) is 9.97 Å². The minimum atomic E-state index is -0.354. The van der Waals surface area contributed by atoms with Gasteiger partial charge in [-0.05, 0) is 18.2 Å². The molecule has 0 aliphatic heterocycles. The van der Waals surface area contributed by atoms with E-state index in [4.69, 9.17) is 0 Å². The highest BCUT2D eigenvalue weighted by Crippen LogP contribution is 2.15. The molecule has 1 heterocycles. The lowest BCUT2D eigenvalue weighted by Crippen LogP contribution is -1.93. The minimum absolute atomic E-state index is 0.282. The quantitative estimate of drug-likeness (QED) is 0.700. The summed E-state index contributed by atoms with van der Waals surface area (Å²) in [6.45, 7) is 0. The third kappa shape index (κ3) is 2.04. The average molecular weight is 202 g/mol. The summed E-state index contributed by atoms with van der Waals surface area (Å²) in [6.07, 6.45) is 2.10. The van der Waals surface area contributed by atoms with E-state index in [1.807, 2.05) is 0 Å². The van der Waals surface area contributed by atoms with Gasteiger partial charge in [-0.2, -0.15) is 0 Å². The van der Waals surface area contributed by atoms with Crippen LogP contribution in [0, 0.1) is 5.82 Å². The second-order valence-electron chi connectivity index (χ2n) is 2.93. The second kappa shape index (κ2) is 3.96. The first-order valence-electron chi connectivity index (χ1n) is 4.34. The van der Waals surface area contributed by atoms with Crippen LogP contribution in [0.25, 0.3) is 11.4 Å². The molecule has 2 rings (SSSR count). The van der Waals surface area contributed by atoms with E-state index < -0.39 is 0 Å². The number of benzene rings is 1. The Bertz CT molecular complexity index is 499. The van der Waals surface area contributed by atoms with E-state index in [9.17, 15) is 9.18 Å². The third-order valence-electron chi connectivity index (χ3n) is 1.88. The van der Waals surface area contributed by atoms with Gasteiger partial charge in [0.15, 0.2) is 12.1 Å². The Morgan fingerprint density at radius 2 is 2.13 bits per heavy atom. The van der Waals surface area contributed by atoms with Crippen molar-refractivity contribution in [2.24, 2.45) is 0 Å². The van der Waals surface area contributed by atoms with Crippen LogP contribution in [0.3, 0.4) is 0 Å². The van der Waals surface area contributed by atoms with Gasteiger partial charge in [0.05, 0.1) is 0 Å². The largest absolute Gasteiger partial charge is 0.296 e. The first-order chi connectivity index (χ1) is 7.29. The summed E-state index contributed by atoms with van der Waals surface area (Å²) in [7, 11) is 0. The molecule has 0 unspecified atom stereocenters. The maximum atomic E-state index is 12.9. The first-order valence-corrected chi connectivity index (χ1v) is 4.34. The number of carbonyl (C=O) groups is 1. The molecule has 0 spiro atoms. The molecule has 2 aromatic rings. The van der Waals surface area contributed by atoms with Crippen LogP contribution in [0.4, 0.5) is 4.39 Å². The number of nitrogens with zero attached hydrogens (tertiary/aromatic N) is 2. The normalized spacial score (nSPS) is 9.93. The molecule has 0 N–H and O–H groups in total. The molecule has 0 atom stereocenters. The molecule has 0 saturated heterocycles. The van der Waals surface area contributed by atoms with Gasteiger partial charge in [-0.1, -0.05) is 12.1 Å². The number of aldehydes is 1. The van der Waals surface area contributed by atoms with Crippen molar-refractivity contribution in [2.45, 2.75) is 0 Å². The van der Waals surface area contributed by atoms with Gasteiger partial charge >= 0.3 is 0 Å². The number of rotatable bonds is 2. The highest BCUT2D eigenvalue weighted by Gasteiger charge is 2.02. The smallest absolute Gasteiger partial charge is 0.168 e. The van der Waals surface area contributed by atoms with Crippen molar-refractivity contribution in [3.8, 4) is 11.4 Å². The molecular formula is C11H7FN2O. The fourth-order valence-electron chi connectivity index (χ4n) is 1.20. The van der Waals surface area contributed by atoms with Crippen LogP contribution in [0.15, 0.2) is 36.5 Å². The van der Waals surface area contributed by atoms with E-state index in [-0.39, 0.29) is 11.5 Å². The molecule has 74 valence electrons. The molecule has 4 heteroatoms. The van der Waals surface area contributed by atoms with E-state index >= 15 is 0 Å². The number of carbonyl (C=O) groups excluding carboxylic acids is 1. The van der Waals surface area contributed by atoms with Gasteiger partial charge in [-0.25, -0.2) is 14.4 Å². The lowest BCUT2D eigenvalue weighted by molar-refractivity contribution is 0.111. The molecule has 0 aliphatic rings. The van der Waals surface area contributed by atoms with Crippen LogP contribution in [-0.2, 0) is 0 Å². The lowest BCUT2D eigenvalue weighted by Gasteiger charge is -1.99. The number of aromatic nitrogens is 2. The molecule has 3 nitrogen and oxygen atoms in total. The average Bonchev–Trinajstić information content (AvgIpc) is 2.29. The van der Waals surface area contributed by atoms with Crippen molar-refractivity contribution in [3.05, 3.63) is 48.0 Å². The molecule has 0 amide bonds. The predicted octanol–water partition coefficient (Wildman–Crippen LogP) is 2.10. The van der Waals surface area contributed by atoms with E-state index in [0.717, 1.165) is 0 Å². The van der Waals surface area contributed by atoms with Crippen molar-refractivity contribution in [1.82, 2.24) is 9.97 Å². The highest BCUT2D eigenvalue weighted by atomic mass is 19.1. The van der Waals surface area contributed by atoms with Gasteiger partial charge in [0.25, 0.3) is 0 Å². The van der Waals surface area contributed by atoms with Gasteiger partial charge in [-0.15, -0.1) is 0 Å². The van der Waals surface area contributed by atoms with Crippen LogP contribution in [0.1, 0.15) is 10.5 Å². The van der Waals surface area contributed by atoms with Crippen LogP contribution in [-0.4, -0.2) is 16.3 Å². The maximum absolute atomic E-state index is 12.9.